The molecule has 0 radical (unpaired) electrons. The van der Waals surface area contributed by atoms with Crippen molar-refractivity contribution in [2.45, 2.75) is 11.8 Å². The van der Waals surface area contributed by atoms with Crippen LogP contribution in [0.15, 0.2) is 18.3 Å². The zero-order valence-electron chi connectivity index (χ0n) is 6.12. The summed E-state index contributed by atoms with van der Waals surface area (Å²) in [6, 6.07) is 3.70. The monoisotopic (exact) mass is 213 g/mol. The molecule has 1 rings (SSSR count). The number of alkyl halides is 1. The van der Waals surface area contributed by atoms with Crippen LogP contribution in [0.1, 0.15) is 16.1 Å². The molecule has 1 aromatic heterocycles. The Morgan fingerprint density at radius 2 is 2.45 bits per heavy atom. The molecule has 0 bridgehead atoms. The van der Waals surface area contributed by atoms with Gasteiger partial charge in [-0.1, -0.05) is 15.9 Å². The third-order valence-corrected chi connectivity index (χ3v) is 2.10. The van der Waals surface area contributed by atoms with E-state index in [2.05, 4.69) is 20.9 Å². The normalized spacial score (nSPS) is 12.5. The fourth-order valence-electron chi connectivity index (χ4n) is 0.818. The summed E-state index contributed by atoms with van der Waals surface area (Å²) in [6.07, 6.45) is 2.55. The van der Waals surface area contributed by atoms with Crippen molar-refractivity contribution in [3.05, 3.63) is 29.6 Å². The zero-order chi connectivity index (χ0) is 8.27. The van der Waals surface area contributed by atoms with Gasteiger partial charge in [0.25, 0.3) is 0 Å². The lowest BCUT2D eigenvalue weighted by Gasteiger charge is -2.01. The van der Waals surface area contributed by atoms with Crippen LogP contribution in [0.25, 0.3) is 0 Å². The van der Waals surface area contributed by atoms with E-state index in [9.17, 15) is 4.79 Å². The highest BCUT2D eigenvalue weighted by Crippen LogP contribution is 2.19. The highest BCUT2D eigenvalue weighted by molar-refractivity contribution is 9.09. The van der Waals surface area contributed by atoms with Crippen molar-refractivity contribution in [1.82, 2.24) is 4.98 Å². The van der Waals surface area contributed by atoms with Gasteiger partial charge in [0.1, 0.15) is 6.29 Å². The van der Waals surface area contributed by atoms with Gasteiger partial charge in [-0.25, -0.2) is 0 Å². The SMILES string of the molecule is Cc1cc(C(Br)C=O)ccn1. The van der Waals surface area contributed by atoms with E-state index >= 15 is 0 Å². The van der Waals surface area contributed by atoms with Crippen LogP contribution in [0.5, 0.6) is 0 Å². The van der Waals surface area contributed by atoms with Gasteiger partial charge in [0.2, 0.25) is 0 Å². The number of aldehydes is 1. The summed E-state index contributed by atoms with van der Waals surface area (Å²) < 4.78 is 0. The van der Waals surface area contributed by atoms with Crippen LogP contribution in [-0.4, -0.2) is 11.3 Å². The number of hydrogen-bond donors (Lipinski definition) is 0. The van der Waals surface area contributed by atoms with Crippen LogP contribution in [0.2, 0.25) is 0 Å². The number of carbonyl (C=O) groups is 1. The molecule has 0 N–H and O–H groups in total. The molecule has 2 nitrogen and oxygen atoms in total. The number of carbonyl (C=O) groups excluding carboxylic acids is 1. The molecule has 58 valence electrons. The van der Waals surface area contributed by atoms with Crippen LogP contribution < -0.4 is 0 Å². The van der Waals surface area contributed by atoms with Gasteiger partial charge in [0, 0.05) is 11.9 Å². The maximum atomic E-state index is 10.3. The van der Waals surface area contributed by atoms with Crippen LogP contribution in [0.3, 0.4) is 0 Å². The lowest BCUT2D eigenvalue weighted by atomic mass is 10.2. The summed E-state index contributed by atoms with van der Waals surface area (Å²) in [5.74, 6) is 0. The Labute approximate surface area is 73.8 Å². The quantitative estimate of drug-likeness (QED) is 0.556. The average molecular weight is 214 g/mol. The highest BCUT2D eigenvalue weighted by atomic mass is 79.9. The van der Waals surface area contributed by atoms with Gasteiger partial charge >= 0.3 is 0 Å². The molecule has 0 aliphatic carbocycles. The first kappa shape index (κ1) is 8.40. The predicted molar refractivity (Wildman–Crippen MR) is 46.7 cm³/mol. The summed E-state index contributed by atoms with van der Waals surface area (Å²) in [7, 11) is 0. The summed E-state index contributed by atoms with van der Waals surface area (Å²) in [4.78, 5) is 14.2. The third kappa shape index (κ3) is 2.12. The zero-order valence-corrected chi connectivity index (χ0v) is 7.71. The number of aryl methyl sites for hydroxylation is 1. The highest BCUT2D eigenvalue weighted by Gasteiger charge is 2.04. The van der Waals surface area contributed by atoms with Crippen molar-refractivity contribution in [2.75, 3.05) is 0 Å². The van der Waals surface area contributed by atoms with Gasteiger partial charge in [-0.2, -0.15) is 0 Å². The Balaban J connectivity index is 2.95. The second-order valence-corrected chi connectivity index (χ2v) is 3.25. The first-order chi connectivity index (χ1) is 5.24. The number of aromatic nitrogens is 1. The molecule has 1 atom stereocenters. The molecular formula is C8H8BrNO. The first-order valence-electron chi connectivity index (χ1n) is 3.26. The largest absolute Gasteiger partial charge is 0.302 e. The Bertz CT molecular complexity index is 262. The van der Waals surface area contributed by atoms with Crippen molar-refractivity contribution in [3.8, 4) is 0 Å². The molecule has 1 aromatic rings. The van der Waals surface area contributed by atoms with Crippen molar-refractivity contribution in [2.24, 2.45) is 0 Å². The lowest BCUT2D eigenvalue weighted by molar-refractivity contribution is -0.107. The molecule has 0 saturated carbocycles. The lowest BCUT2D eigenvalue weighted by Crippen LogP contribution is -1.91. The van der Waals surface area contributed by atoms with Crippen LogP contribution >= 0.6 is 15.9 Å². The summed E-state index contributed by atoms with van der Waals surface area (Å²) in [5.41, 5.74) is 1.88. The molecule has 0 aliphatic heterocycles. The minimum atomic E-state index is -0.204. The molecule has 0 aliphatic rings. The van der Waals surface area contributed by atoms with Gasteiger partial charge in [-0.3, -0.25) is 4.98 Å². The smallest absolute Gasteiger partial charge is 0.138 e. The van der Waals surface area contributed by atoms with Crippen LogP contribution in [0.4, 0.5) is 0 Å². The molecule has 0 spiro atoms. The average Bonchev–Trinajstić information content (AvgIpc) is 2.03. The number of hydrogen-bond acceptors (Lipinski definition) is 2. The Morgan fingerprint density at radius 1 is 1.73 bits per heavy atom. The van der Waals surface area contributed by atoms with Gasteiger partial charge in [0.15, 0.2) is 0 Å². The predicted octanol–water partition coefficient (Wildman–Crippen LogP) is 2.02. The Kier molecular flexibility index (Phi) is 2.76. The fourth-order valence-corrected chi connectivity index (χ4v) is 1.10. The van der Waals surface area contributed by atoms with E-state index in [1.54, 1.807) is 6.20 Å². The molecule has 0 fully saturated rings. The van der Waals surface area contributed by atoms with Crippen molar-refractivity contribution < 1.29 is 4.79 Å². The van der Waals surface area contributed by atoms with E-state index in [1.807, 2.05) is 19.1 Å². The van der Waals surface area contributed by atoms with E-state index in [0.29, 0.717) is 0 Å². The first-order valence-corrected chi connectivity index (χ1v) is 4.17. The second kappa shape index (κ2) is 3.62. The minimum absolute atomic E-state index is 0.204. The van der Waals surface area contributed by atoms with Crippen molar-refractivity contribution in [3.63, 3.8) is 0 Å². The van der Waals surface area contributed by atoms with Gasteiger partial charge in [-0.05, 0) is 24.6 Å². The van der Waals surface area contributed by atoms with Gasteiger partial charge in [0.05, 0.1) is 4.83 Å². The standard InChI is InChI=1S/C8H8BrNO/c1-6-4-7(2-3-10-6)8(9)5-11/h2-5,8H,1H3. The number of pyridine rings is 1. The Hall–Kier alpha value is -0.700. The molecule has 3 heteroatoms. The topological polar surface area (TPSA) is 30.0 Å². The third-order valence-electron chi connectivity index (χ3n) is 1.36. The van der Waals surface area contributed by atoms with E-state index in [4.69, 9.17) is 0 Å². The maximum Gasteiger partial charge on any atom is 0.138 e. The minimum Gasteiger partial charge on any atom is -0.302 e. The van der Waals surface area contributed by atoms with E-state index in [0.717, 1.165) is 17.5 Å². The van der Waals surface area contributed by atoms with E-state index < -0.39 is 0 Å². The van der Waals surface area contributed by atoms with Crippen LogP contribution in [0, 0.1) is 6.92 Å². The maximum absolute atomic E-state index is 10.3. The number of halogens is 1. The number of rotatable bonds is 2. The summed E-state index contributed by atoms with van der Waals surface area (Å²) in [6.45, 7) is 1.90. The van der Waals surface area contributed by atoms with Gasteiger partial charge in [-0.15, -0.1) is 0 Å². The van der Waals surface area contributed by atoms with Crippen LogP contribution in [-0.2, 0) is 4.79 Å². The summed E-state index contributed by atoms with van der Waals surface area (Å²) >= 11 is 3.22. The molecule has 0 aromatic carbocycles. The molecule has 1 heterocycles. The van der Waals surface area contributed by atoms with E-state index in [1.165, 1.54) is 0 Å². The Morgan fingerprint density at radius 3 is 3.00 bits per heavy atom. The second-order valence-electron chi connectivity index (χ2n) is 2.27. The molecule has 0 saturated heterocycles. The molecule has 0 amide bonds. The van der Waals surface area contributed by atoms with Crippen molar-refractivity contribution in [1.29, 1.82) is 0 Å². The molecule has 11 heavy (non-hydrogen) atoms. The number of nitrogens with zero attached hydrogens (tertiary/aromatic N) is 1. The van der Waals surface area contributed by atoms with E-state index in [-0.39, 0.29) is 4.83 Å². The fraction of sp³-hybridized carbons (Fsp3) is 0.250. The summed E-state index contributed by atoms with van der Waals surface area (Å²) in [5, 5.41) is 0. The van der Waals surface area contributed by atoms with Gasteiger partial charge < -0.3 is 4.79 Å². The molecule has 1 unspecified atom stereocenters. The van der Waals surface area contributed by atoms with Crippen molar-refractivity contribution >= 4 is 22.2 Å². The molecular weight excluding hydrogens is 206 g/mol.